The van der Waals surface area contributed by atoms with Crippen LogP contribution >= 0.6 is 23.2 Å². The van der Waals surface area contributed by atoms with Gasteiger partial charge in [-0.3, -0.25) is 0 Å². The molecule has 0 radical (unpaired) electrons. The molecule has 1 unspecified atom stereocenters. The summed E-state index contributed by atoms with van der Waals surface area (Å²) in [4.78, 5) is 0. The van der Waals surface area contributed by atoms with Gasteiger partial charge >= 0.3 is 0 Å². The van der Waals surface area contributed by atoms with E-state index in [9.17, 15) is 0 Å². The van der Waals surface area contributed by atoms with E-state index in [0.29, 0.717) is 15.2 Å². The highest BCUT2D eigenvalue weighted by molar-refractivity contribution is 6.30. The average molecular weight is 355 g/mol. The minimum absolute atomic E-state index is 0. The van der Waals surface area contributed by atoms with Gasteiger partial charge in [-0.15, -0.1) is 0 Å². The van der Waals surface area contributed by atoms with Crippen LogP contribution in [0.25, 0.3) is 0 Å². The lowest BCUT2D eigenvalue weighted by atomic mass is 10.3. The fourth-order valence-corrected chi connectivity index (χ4v) is 2.21. The van der Waals surface area contributed by atoms with Gasteiger partial charge in [0, 0.05) is 22.2 Å². The van der Waals surface area contributed by atoms with Crippen molar-refractivity contribution in [1.82, 2.24) is 5.43 Å². The molecule has 0 saturated heterocycles. The van der Waals surface area contributed by atoms with E-state index in [1.165, 1.54) is 0 Å². The first-order valence-electron chi connectivity index (χ1n) is 6.11. The van der Waals surface area contributed by atoms with Crippen LogP contribution in [0.3, 0.4) is 0 Å². The summed E-state index contributed by atoms with van der Waals surface area (Å²) in [6.45, 7) is 0. The maximum Gasteiger partial charge on any atom is 0.286 e. The van der Waals surface area contributed by atoms with Crippen LogP contribution in [0.1, 0.15) is 0 Å². The Labute approximate surface area is 143 Å². The number of hydrazine groups is 1. The smallest absolute Gasteiger partial charge is 0.286 e. The molecule has 0 saturated carbocycles. The van der Waals surface area contributed by atoms with Crippen molar-refractivity contribution >= 4 is 40.4 Å². The first-order chi connectivity index (χ1) is 10.2. The number of hydrogen-bond acceptors (Lipinski definition) is 4. The monoisotopic (exact) mass is 353 g/mol. The molecule has 8 heteroatoms. The Morgan fingerprint density at radius 3 is 2.09 bits per heavy atom. The van der Waals surface area contributed by atoms with E-state index in [2.05, 4.69) is 10.5 Å². The van der Waals surface area contributed by atoms with Gasteiger partial charge in [-0.25, -0.2) is 5.43 Å². The van der Waals surface area contributed by atoms with E-state index in [-0.39, 0.29) is 18.2 Å². The van der Waals surface area contributed by atoms with Gasteiger partial charge in [0.05, 0.1) is 0 Å². The van der Waals surface area contributed by atoms with Crippen molar-refractivity contribution in [3.63, 3.8) is 0 Å². The topological polar surface area (TPSA) is 55.9 Å². The number of nitriles is 1. The predicted octanol–water partition coefficient (Wildman–Crippen LogP) is -0.709. The third-order valence-electron chi connectivity index (χ3n) is 2.94. The third-order valence-corrected chi connectivity index (χ3v) is 3.44. The van der Waals surface area contributed by atoms with Gasteiger partial charge in [-0.1, -0.05) is 33.4 Å². The van der Waals surface area contributed by atoms with Gasteiger partial charge in [0.15, 0.2) is 5.69 Å². The van der Waals surface area contributed by atoms with Gasteiger partial charge in [0.1, 0.15) is 11.8 Å². The van der Waals surface area contributed by atoms with E-state index in [1.807, 2.05) is 30.3 Å². The maximum atomic E-state index is 9.06. The minimum atomic E-state index is 0. The summed E-state index contributed by atoms with van der Waals surface area (Å²) < 4.78 is 0. The first-order valence-corrected chi connectivity index (χ1v) is 6.87. The average Bonchev–Trinajstić information content (AvgIpc) is 2.93. The maximum absolute atomic E-state index is 9.06. The molecule has 0 amide bonds. The third kappa shape index (κ3) is 3.26. The molecule has 0 aromatic heterocycles. The zero-order valence-electron chi connectivity index (χ0n) is 11.1. The Morgan fingerprint density at radius 1 is 1.00 bits per heavy atom. The Morgan fingerprint density at radius 2 is 1.55 bits per heavy atom. The molecule has 2 N–H and O–H groups in total. The second-order valence-electron chi connectivity index (χ2n) is 4.33. The Hall–Kier alpha value is -1.97. The lowest BCUT2D eigenvalue weighted by molar-refractivity contribution is -0.846. The van der Waals surface area contributed by atoms with Gasteiger partial charge < -0.3 is 12.4 Å². The molecular formula is C14H10Cl3N5. The van der Waals surface area contributed by atoms with Crippen molar-refractivity contribution in [1.29, 1.82) is 5.26 Å². The highest BCUT2D eigenvalue weighted by Gasteiger charge is 2.31. The summed E-state index contributed by atoms with van der Waals surface area (Å²) in [7, 11) is 0. The molecule has 1 aliphatic heterocycles. The van der Waals surface area contributed by atoms with Crippen LogP contribution in [0.2, 0.25) is 10.0 Å². The van der Waals surface area contributed by atoms with Gasteiger partial charge in [0.25, 0.3) is 5.84 Å². The molecule has 1 heterocycles. The van der Waals surface area contributed by atoms with E-state index in [0.717, 1.165) is 11.4 Å². The molecule has 0 aliphatic carbocycles. The van der Waals surface area contributed by atoms with Gasteiger partial charge in [0.2, 0.25) is 0 Å². The van der Waals surface area contributed by atoms with Crippen LogP contribution in [0.4, 0.5) is 11.4 Å². The normalized spacial score (nSPS) is 16.3. The van der Waals surface area contributed by atoms with Crippen LogP contribution in [-0.2, 0) is 0 Å². The zero-order valence-corrected chi connectivity index (χ0v) is 13.4. The minimum Gasteiger partial charge on any atom is -1.00 e. The molecule has 112 valence electrons. The number of anilines is 1. The van der Waals surface area contributed by atoms with Gasteiger partial charge in [-0.2, -0.15) is 5.26 Å². The standard InChI is InChI=1S/C14H9Cl2N5.ClH/c15-10-1-5-12(6-2-10)20-18-14(9-17)19-21(20)13-7-3-11(16)4-8-13;/h1-8H,(H,18,19);1H. The lowest BCUT2D eigenvalue weighted by Crippen LogP contribution is -3.10. The van der Waals surface area contributed by atoms with E-state index in [4.69, 9.17) is 28.5 Å². The molecule has 2 aromatic carbocycles. The second-order valence-corrected chi connectivity index (χ2v) is 5.20. The van der Waals surface area contributed by atoms with Crippen LogP contribution in [0.5, 0.6) is 0 Å². The molecule has 0 spiro atoms. The summed E-state index contributed by atoms with van der Waals surface area (Å²) in [6.07, 6.45) is 0. The predicted molar refractivity (Wildman–Crippen MR) is 82.2 cm³/mol. The highest BCUT2D eigenvalue weighted by atomic mass is 35.5. The van der Waals surface area contributed by atoms with Crippen molar-refractivity contribution < 1.29 is 17.5 Å². The van der Waals surface area contributed by atoms with Crippen LogP contribution in [-0.4, -0.2) is 5.84 Å². The van der Waals surface area contributed by atoms with Crippen LogP contribution < -0.4 is 28.1 Å². The van der Waals surface area contributed by atoms with Crippen molar-refractivity contribution in [3.8, 4) is 6.07 Å². The highest BCUT2D eigenvalue weighted by Crippen LogP contribution is 2.17. The molecule has 2 aromatic rings. The fraction of sp³-hybridized carbons (Fsp3) is 0. The number of benzene rings is 2. The molecule has 0 bridgehead atoms. The van der Waals surface area contributed by atoms with Crippen molar-refractivity contribution in [3.05, 3.63) is 58.6 Å². The summed E-state index contributed by atoms with van der Waals surface area (Å²) in [5.41, 5.74) is 4.63. The van der Waals surface area contributed by atoms with Crippen molar-refractivity contribution in [2.45, 2.75) is 0 Å². The number of amidine groups is 1. The van der Waals surface area contributed by atoms with E-state index < -0.39 is 0 Å². The number of halogens is 3. The Bertz CT molecular complexity index is 722. The number of nitrogens with one attached hydrogen (secondary N) is 2. The molecule has 0 fully saturated rings. The molecule has 22 heavy (non-hydrogen) atoms. The van der Waals surface area contributed by atoms with Crippen LogP contribution in [0, 0.1) is 11.3 Å². The Kier molecular flexibility index (Phi) is 5.11. The van der Waals surface area contributed by atoms with Crippen molar-refractivity contribution in [2.24, 2.45) is 5.10 Å². The summed E-state index contributed by atoms with van der Waals surface area (Å²) in [5, 5.41) is 17.0. The number of hydrogen-bond donors (Lipinski definition) is 2. The lowest BCUT2D eigenvalue weighted by Gasteiger charge is -2.21. The SMILES string of the molecule is N#CC1=N[NH+](c2ccc(Cl)cc2)N(c2ccc(Cl)cc2)N1.[Cl-]. The van der Waals surface area contributed by atoms with Gasteiger partial charge in [-0.05, 0) is 41.5 Å². The molecule has 3 rings (SSSR count). The van der Waals surface area contributed by atoms with Crippen LogP contribution in [0.15, 0.2) is 53.6 Å². The number of rotatable bonds is 2. The first kappa shape index (κ1) is 16.4. The largest absolute Gasteiger partial charge is 1.00 e. The molecule has 1 aliphatic rings. The molecule has 1 atom stereocenters. The van der Waals surface area contributed by atoms with E-state index in [1.54, 1.807) is 29.4 Å². The fourth-order valence-electron chi connectivity index (χ4n) is 1.96. The zero-order chi connectivity index (χ0) is 14.8. The van der Waals surface area contributed by atoms with E-state index >= 15 is 0 Å². The Balaban J connectivity index is 0.00000176. The molecule has 5 nitrogen and oxygen atoms in total. The quantitative estimate of drug-likeness (QED) is 0.749. The number of quaternary nitrogens is 1. The van der Waals surface area contributed by atoms with Crippen molar-refractivity contribution in [2.75, 3.05) is 5.12 Å². The summed E-state index contributed by atoms with van der Waals surface area (Å²) in [6, 6.07) is 16.5. The second kappa shape index (κ2) is 6.86. The number of nitrogens with zero attached hydrogens (tertiary/aromatic N) is 3. The summed E-state index contributed by atoms with van der Waals surface area (Å²) >= 11 is 11.8. The summed E-state index contributed by atoms with van der Waals surface area (Å²) in [5.74, 6) is 0.231. The molecular weight excluding hydrogens is 345 g/mol.